The van der Waals surface area contributed by atoms with Crippen molar-refractivity contribution in [1.82, 2.24) is 0 Å². The minimum atomic E-state index is -0.354. The summed E-state index contributed by atoms with van der Waals surface area (Å²) >= 11 is 0. The molecule has 1 unspecified atom stereocenters. The third-order valence-corrected chi connectivity index (χ3v) is 0.787. The van der Waals surface area contributed by atoms with Gasteiger partial charge >= 0.3 is 0 Å². The Morgan fingerprint density at radius 3 is 2.08 bits per heavy atom. The van der Waals surface area contributed by atoms with Crippen LogP contribution in [0.1, 0.15) is 6.92 Å². The highest BCUT2D eigenvalue weighted by Gasteiger charge is 1.98. The molecule has 0 amide bonds. The third-order valence-electron chi connectivity index (χ3n) is 0.787. The number of aliphatic hydroxyl groups excluding tert-OH is 2. The molecule has 0 aliphatic rings. The fourth-order valence-electron chi connectivity index (χ4n) is 0.309. The van der Waals surface area contributed by atoms with Crippen molar-refractivity contribution in [3.8, 4) is 0 Å². The van der Waals surface area contributed by atoms with E-state index in [2.05, 4.69) is 9.47 Å². The summed E-state index contributed by atoms with van der Waals surface area (Å²) in [7, 11) is 0. The van der Waals surface area contributed by atoms with Gasteiger partial charge in [0, 0.05) is 0 Å². The number of hydrogen-bond acceptors (Lipinski definition) is 6. The molecule has 0 saturated carbocycles. The summed E-state index contributed by atoms with van der Waals surface area (Å²) in [6, 6.07) is 0. The Labute approximate surface area is 76.1 Å². The van der Waals surface area contributed by atoms with Gasteiger partial charge in [0.15, 0.2) is 0 Å². The summed E-state index contributed by atoms with van der Waals surface area (Å²) in [4.78, 5) is 19.2. The van der Waals surface area contributed by atoms with E-state index in [9.17, 15) is 9.59 Å². The molecule has 0 fully saturated rings. The highest BCUT2D eigenvalue weighted by atomic mass is 16.6. The van der Waals surface area contributed by atoms with E-state index < -0.39 is 0 Å². The summed E-state index contributed by atoms with van der Waals surface area (Å²) in [5.41, 5.74) is 0. The molecule has 6 nitrogen and oxygen atoms in total. The van der Waals surface area contributed by atoms with E-state index in [-0.39, 0.29) is 25.9 Å². The van der Waals surface area contributed by atoms with Crippen LogP contribution < -0.4 is 0 Å². The summed E-state index contributed by atoms with van der Waals surface area (Å²) in [6.07, 6.45) is -0.354. The summed E-state index contributed by atoms with van der Waals surface area (Å²) in [6.45, 7) is 2.11. The second-order valence-corrected chi connectivity index (χ2v) is 1.92. The quantitative estimate of drug-likeness (QED) is 0.510. The van der Waals surface area contributed by atoms with E-state index in [1.807, 2.05) is 0 Å². The van der Waals surface area contributed by atoms with Gasteiger partial charge in [0.1, 0.15) is 12.7 Å². The minimum Gasteiger partial charge on any atom is -0.464 e. The maximum absolute atomic E-state index is 9.61. The Morgan fingerprint density at radius 2 is 1.77 bits per heavy atom. The van der Waals surface area contributed by atoms with Gasteiger partial charge in [-0.05, 0) is 6.92 Å². The van der Waals surface area contributed by atoms with Crippen LogP contribution in [-0.4, -0.2) is 49.1 Å². The molecule has 0 aromatic heterocycles. The van der Waals surface area contributed by atoms with E-state index in [1.54, 1.807) is 6.92 Å². The predicted octanol–water partition coefficient (Wildman–Crippen LogP) is -1.31. The molecule has 1 atom stereocenters. The van der Waals surface area contributed by atoms with E-state index in [1.165, 1.54) is 0 Å². The van der Waals surface area contributed by atoms with Crippen molar-refractivity contribution in [2.75, 3.05) is 19.8 Å². The van der Waals surface area contributed by atoms with Crippen LogP contribution in [0.15, 0.2) is 0 Å². The topological polar surface area (TPSA) is 93.1 Å². The van der Waals surface area contributed by atoms with Crippen molar-refractivity contribution in [3.05, 3.63) is 0 Å². The molecular formula is C7H14O6. The van der Waals surface area contributed by atoms with Crippen molar-refractivity contribution in [2.24, 2.45) is 0 Å². The van der Waals surface area contributed by atoms with Gasteiger partial charge in [0.25, 0.3) is 12.9 Å². The first-order valence-corrected chi connectivity index (χ1v) is 3.59. The average molecular weight is 194 g/mol. The molecule has 0 radical (unpaired) electrons. The highest BCUT2D eigenvalue weighted by molar-refractivity contribution is 5.38. The Bertz CT molecular complexity index is 114. The second-order valence-electron chi connectivity index (χ2n) is 1.92. The number of aliphatic hydroxyl groups is 2. The fourth-order valence-corrected chi connectivity index (χ4v) is 0.309. The molecule has 78 valence electrons. The molecule has 0 bridgehead atoms. The van der Waals surface area contributed by atoms with Gasteiger partial charge in [-0.3, -0.25) is 9.59 Å². The van der Waals surface area contributed by atoms with Gasteiger partial charge in [-0.15, -0.1) is 0 Å². The summed E-state index contributed by atoms with van der Waals surface area (Å²) < 4.78 is 8.66. The van der Waals surface area contributed by atoms with Crippen LogP contribution in [0.4, 0.5) is 0 Å². The zero-order valence-electron chi connectivity index (χ0n) is 7.38. The van der Waals surface area contributed by atoms with Gasteiger partial charge in [0.05, 0.1) is 13.2 Å². The molecule has 0 aromatic carbocycles. The van der Waals surface area contributed by atoms with E-state index in [0.717, 1.165) is 0 Å². The van der Waals surface area contributed by atoms with Crippen LogP contribution in [0.5, 0.6) is 0 Å². The predicted molar refractivity (Wildman–Crippen MR) is 42.8 cm³/mol. The maximum Gasteiger partial charge on any atom is 0.293 e. The van der Waals surface area contributed by atoms with Crippen LogP contribution in [0, 0.1) is 0 Å². The van der Waals surface area contributed by atoms with E-state index in [4.69, 9.17) is 10.2 Å². The minimum absolute atomic E-state index is 0.113. The van der Waals surface area contributed by atoms with Gasteiger partial charge in [0.2, 0.25) is 0 Å². The van der Waals surface area contributed by atoms with Crippen LogP contribution in [0.25, 0.3) is 0 Å². The zero-order valence-corrected chi connectivity index (χ0v) is 7.38. The monoisotopic (exact) mass is 194 g/mol. The molecule has 0 rings (SSSR count). The largest absolute Gasteiger partial charge is 0.464 e. The second kappa shape index (κ2) is 13.4. The maximum atomic E-state index is 9.61. The molecular weight excluding hydrogens is 180 g/mol. The molecule has 0 aromatic rings. The van der Waals surface area contributed by atoms with Gasteiger partial charge in [-0.2, -0.15) is 0 Å². The van der Waals surface area contributed by atoms with Crippen molar-refractivity contribution in [1.29, 1.82) is 0 Å². The molecule has 0 saturated heterocycles. The van der Waals surface area contributed by atoms with Crippen molar-refractivity contribution < 1.29 is 29.3 Å². The molecule has 2 N–H and O–H groups in total. The number of carbonyl (C=O) groups is 2. The number of ether oxygens (including phenoxy) is 2. The first kappa shape index (κ1) is 14.4. The van der Waals surface area contributed by atoms with Gasteiger partial charge in [-0.1, -0.05) is 0 Å². The SMILES string of the molecule is CC(COC=O)OC=O.OCCO. The number of hydrogen-bond donors (Lipinski definition) is 2. The molecule has 0 aliphatic heterocycles. The lowest BCUT2D eigenvalue weighted by Crippen LogP contribution is -2.14. The number of carbonyl (C=O) groups excluding carboxylic acids is 2. The highest BCUT2D eigenvalue weighted by Crippen LogP contribution is 1.85. The molecule has 0 spiro atoms. The average Bonchev–Trinajstić information content (AvgIpc) is 2.16. The molecule has 6 heteroatoms. The van der Waals surface area contributed by atoms with Gasteiger partial charge < -0.3 is 19.7 Å². The lowest BCUT2D eigenvalue weighted by molar-refractivity contribution is -0.141. The Balaban J connectivity index is 0. The third kappa shape index (κ3) is 18.1. The Hall–Kier alpha value is -1.14. The standard InChI is InChI=1S/C5H8O4.C2H6O2/c1-5(9-4-7)2-8-3-6;3-1-2-4/h3-5H,2H2,1H3;3-4H,1-2H2. The Morgan fingerprint density at radius 1 is 1.23 bits per heavy atom. The summed E-state index contributed by atoms with van der Waals surface area (Å²) in [5, 5.41) is 15.2. The van der Waals surface area contributed by atoms with Crippen LogP contribution in [0.2, 0.25) is 0 Å². The van der Waals surface area contributed by atoms with Crippen LogP contribution >= 0.6 is 0 Å². The smallest absolute Gasteiger partial charge is 0.293 e. The lowest BCUT2D eigenvalue weighted by Gasteiger charge is -2.05. The lowest BCUT2D eigenvalue weighted by atomic mass is 10.4. The molecule has 0 aliphatic carbocycles. The Kier molecular flexibility index (Phi) is 14.9. The summed E-state index contributed by atoms with van der Waals surface area (Å²) in [5.74, 6) is 0. The number of rotatable bonds is 6. The normalized spacial score (nSPS) is 10.4. The van der Waals surface area contributed by atoms with Crippen LogP contribution in [0.3, 0.4) is 0 Å². The van der Waals surface area contributed by atoms with Crippen molar-refractivity contribution >= 4 is 12.9 Å². The molecule has 13 heavy (non-hydrogen) atoms. The van der Waals surface area contributed by atoms with E-state index >= 15 is 0 Å². The fraction of sp³-hybridized carbons (Fsp3) is 0.714. The molecule has 0 heterocycles. The van der Waals surface area contributed by atoms with Crippen molar-refractivity contribution in [3.63, 3.8) is 0 Å². The zero-order chi connectivity index (χ0) is 10.5. The van der Waals surface area contributed by atoms with E-state index in [0.29, 0.717) is 12.9 Å². The van der Waals surface area contributed by atoms with Crippen LogP contribution in [-0.2, 0) is 19.1 Å². The first-order valence-electron chi connectivity index (χ1n) is 3.59. The van der Waals surface area contributed by atoms with Gasteiger partial charge in [-0.25, -0.2) is 0 Å². The first-order chi connectivity index (χ1) is 6.22. The van der Waals surface area contributed by atoms with Crippen molar-refractivity contribution in [2.45, 2.75) is 13.0 Å².